The number of ether oxygens (including phenoxy) is 2. The summed E-state index contributed by atoms with van der Waals surface area (Å²) in [5.41, 5.74) is 13.3. The molecule has 3 aromatic carbocycles. The lowest BCUT2D eigenvalue weighted by Crippen LogP contribution is -2.69. The molecular formula is C31H26N2O4. The molecule has 0 aromatic heterocycles. The van der Waals surface area contributed by atoms with Crippen LogP contribution in [0.5, 0.6) is 0 Å². The van der Waals surface area contributed by atoms with Gasteiger partial charge in [0.15, 0.2) is 29.8 Å². The average molecular weight is 491 g/mol. The molecule has 184 valence electrons. The second-order valence-corrected chi connectivity index (χ2v) is 9.91. The van der Waals surface area contributed by atoms with Gasteiger partial charge in [-0.1, -0.05) is 103 Å². The minimum absolute atomic E-state index is 0.237. The van der Waals surface area contributed by atoms with Crippen LogP contribution in [0, 0.1) is 11.8 Å². The largest absolute Gasteiger partial charge is 0.499 e. The molecule has 1 saturated carbocycles. The average Bonchev–Trinajstić information content (AvgIpc) is 3.46. The van der Waals surface area contributed by atoms with Crippen LogP contribution in [-0.2, 0) is 25.5 Å². The Morgan fingerprint density at radius 1 is 1.00 bits per heavy atom. The van der Waals surface area contributed by atoms with Crippen LogP contribution in [0.3, 0.4) is 0 Å². The number of allylic oxidation sites excluding steroid dienone is 1. The number of hydrogen-bond acceptors (Lipinski definition) is 4. The van der Waals surface area contributed by atoms with Crippen molar-refractivity contribution < 1.29 is 23.8 Å². The van der Waals surface area contributed by atoms with Crippen molar-refractivity contribution in [3.63, 3.8) is 0 Å². The molecule has 2 saturated heterocycles. The van der Waals surface area contributed by atoms with E-state index in [2.05, 4.69) is 6.58 Å². The summed E-state index contributed by atoms with van der Waals surface area (Å²) in [7, 11) is 0. The van der Waals surface area contributed by atoms with E-state index in [1.165, 1.54) is 0 Å². The van der Waals surface area contributed by atoms with E-state index < -0.39 is 35.6 Å². The molecule has 37 heavy (non-hydrogen) atoms. The van der Waals surface area contributed by atoms with Gasteiger partial charge in [0.05, 0.1) is 0 Å². The molecule has 6 heteroatoms. The van der Waals surface area contributed by atoms with Crippen LogP contribution >= 0.6 is 0 Å². The number of rotatable bonds is 8. The second kappa shape index (κ2) is 8.66. The quantitative estimate of drug-likeness (QED) is 0.242. The highest BCUT2D eigenvalue weighted by Crippen LogP contribution is 2.63. The molecule has 4 aliphatic rings. The van der Waals surface area contributed by atoms with E-state index in [0.717, 1.165) is 21.4 Å². The van der Waals surface area contributed by atoms with Gasteiger partial charge in [0, 0.05) is 6.42 Å². The topological polar surface area (TPSA) is 77.9 Å². The molecule has 0 amide bonds. The van der Waals surface area contributed by atoms with Crippen LogP contribution in [0.2, 0.25) is 0 Å². The fraction of sp³-hybridized carbons (Fsp3) is 0.226. The Morgan fingerprint density at radius 3 is 2.05 bits per heavy atom. The summed E-state index contributed by atoms with van der Waals surface area (Å²) in [6.07, 6.45) is -0.894. The molecule has 7 rings (SSSR count). The highest BCUT2D eigenvalue weighted by atomic mass is 16.5. The normalized spacial score (nSPS) is 24.1. The van der Waals surface area contributed by atoms with Gasteiger partial charge in [-0.15, -0.1) is 0 Å². The smallest absolute Gasteiger partial charge is 0.321 e. The van der Waals surface area contributed by atoms with Crippen LogP contribution in [-0.4, -0.2) is 28.1 Å². The fourth-order valence-corrected chi connectivity index (χ4v) is 6.04. The zero-order valence-electron chi connectivity index (χ0n) is 20.4. The molecule has 3 fully saturated rings. The lowest BCUT2D eigenvalue weighted by Gasteiger charge is -2.43. The summed E-state index contributed by atoms with van der Waals surface area (Å²) >= 11 is 0. The van der Waals surface area contributed by atoms with E-state index >= 15 is 0 Å². The Hall–Kier alpha value is -4.32. The van der Waals surface area contributed by atoms with E-state index in [0.29, 0.717) is 23.5 Å². The molecule has 3 heterocycles. The van der Waals surface area contributed by atoms with Crippen molar-refractivity contribution in [1.82, 2.24) is 0 Å². The first-order chi connectivity index (χ1) is 17.9. The highest BCUT2D eigenvalue weighted by molar-refractivity contribution is 6.06. The lowest BCUT2D eigenvalue weighted by atomic mass is 9.61. The van der Waals surface area contributed by atoms with Gasteiger partial charge in [0.25, 0.3) is 5.54 Å². The van der Waals surface area contributed by atoms with Crippen molar-refractivity contribution in [2.75, 3.05) is 0 Å². The second-order valence-electron chi connectivity index (χ2n) is 9.91. The third kappa shape index (κ3) is 3.32. The van der Waals surface area contributed by atoms with Crippen LogP contribution in [0.4, 0.5) is 0 Å². The predicted octanol–water partition coefficient (Wildman–Crippen LogP) is 5.35. The standard InChI is InChI=1S/C31H26N2O4/c1-19(2)25(30(35)37-27(21-14-8-4-9-15-21)22-16-10-5-11-17-22)31-28(34)24-26(33(31)32)23(36-29(24)31)18-20-12-6-3-7-13-20/h3-17,24-25,27,29H,1,18H2,2H3/t24-,25-,29-,31?/m0/s1. The number of carbonyl (C=O) groups excluding carboxylic acids is 2. The molecule has 3 aliphatic heterocycles. The maximum Gasteiger partial charge on any atom is 0.321 e. The van der Waals surface area contributed by atoms with E-state index in [9.17, 15) is 15.1 Å². The highest BCUT2D eigenvalue weighted by Gasteiger charge is 2.87. The molecule has 1 unspecified atom stereocenters. The van der Waals surface area contributed by atoms with Gasteiger partial charge < -0.3 is 15.0 Å². The number of carbonyl (C=O) groups is 2. The number of esters is 1. The first-order valence-corrected chi connectivity index (χ1v) is 12.4. The first-order valence-electron chi connectivity index (χ1n) is 12.4. The number of nitrogens with zero attached hydrogens (tertiary/aromatic N) is 2. The summed E-state index contributed by atoms with van der Waals surface area (Å²) in [5, 5.41) is 0. The lowest BCUT2D eigenvalue weighted by molar-refractivity contribution is -0.569. The fourth-order valence-electron chi connectivity index (χ4n) is 6.04. The summed E-state index contributed by atoms with van der Waals surface area (Å²) in [6, 6.07) is 28.6. The van der Waals surface area contributed by atoms with Gasteiger partial charge in [-0.25, -0.2) is 0 Å². The molecule has 4 atom stereocenters. The summed E-state index contributed by atoms with van der Waals surface area (Å²) < 4.78 is 13.3. The van der Waals surface area contributed by atoms with Crippen LogP contribution in [0.1, 0.15) is 29.7 Å². The number of ketones is 1. The molecular weight excluding hydrogens is 464 g/mol. The predicted molar refractivity (Wildman–Crippen MR) is 136 cm³/mol. The Bertz CT molecular complexity index is 1410. The van der Waals surface area contributed by atoms with E-state index in [1.54, 1.807) is 6.92 Å². The molecule has 1 aliphatic carbocycles. The summed E-state index contributed by atoms with van der Waals surface area (Å²) in [5.74, 6) is -1.99. The molecule has 3 aromatic rings. The first kappa shape index (κ1) is 23.1. The maximum absolute atomic E-state index is 13.9. The number of Topliss-reactive ketones (excluding diaryl/α,β-unsaturated/α-hetero) is 1. The van der Waals surface area contributed by atoms with Gasteiger partial charge in [-0.3, -0.25) is 14.3 Å². The van der Waals surface area contributed by atoms with Gasteiger partial charge in [0.2, 0.25) is 11.5 Å². The zero-order chi connectivity index (χ0) is 25.7. The van der Waals surface area contributed by atoms with E-state index in [-0.39, 0.29) is 5.78 Å². The SMILES string of the molecule is C=C(C)[C@@H](C(=O)OC(c1ccccc1)c1ccccc1)C12C(=O)[C@@H]3C(=C(Cc4ccccc4)O[C@@H]31)[N+]2=[N-]. The number of benzene rings is 3. The monoisotopic (exact) mass is 490 g/mol. The third-order valence-electron chi connectivity index (χ3n) is 7.66. The molecule has 6 nitrogen and oxygen atoms in total. The Labute approximate surface area is 215 Å². The van der Waals surface area contributed by atoms with Gasteiger partial charge >= 0.3 is 5.97 Å². The van der Waals surface area contributed by atoms with Crippen molar-refractivity contribution in [2.24, 2.45) is 11.8 Å². The summed E-state index contributed by atoms with van der Waals surface area (Å²) in [4.78, 5) is 27.4. The van der Waals surface area contributed by atoms with Crippen LogP contribution in [0.25, 0.3) is 5.53 Å². The Kier molecular flexibility index (Phi) is 5.41. The van der Waals surface area contributed by atoms with Crippen molar-refractivity contribution in [2.45, 2.75) is 31.1 Å². The zero-order valence-corrected chi connectivity index (χ0v) is 20.4. The minimum Gasteiger partial charge on any atom is -0.499 e. The van der Waals surface area contributed by atoms with Crippen LogP contribution in [0.15, 0.2) is 115 Å². The van der Waals surface area contributed by atoms with Crippen LogP contribution < -0.4 is 0 Å². The van der Waals surface area contributed by atoms with Crippen molar-refractivity contribution in [1.29, 1.82) is 0 Å². The van der Waals surface area contributed by atoms with Gasteiger partial charge in [-0.2, -0.15) is 0 Å². The third-order valence-corrected chi connectivity index (χ3v) is 7.66. The van der Waals surface area contributed by atoms with E-state index in [4.69, 9.17) is 9.47 Å². The van der Waals surface area contributed by atoms with E-state index in [1.807, 2.05) is 91.0 Å². The molecule has 4 bridgehead atoms. The Morgan fingerprint density at radius 2 is 1.54 bits per heavy atom. The van der Waals surface area contributed by atoms with Crippen molar-refractivity contribution in [3.8, 4) is 0 Å². The van der Waals surface area contributed by atoms with Gasteiger partial charge in [0.1, 0.15) is 0 Å². The number of hydrogen-bond donors (Lipinski definition) is 0. The maximum atomic E-state index is 13.9. The molecule has 0 radical (unpaired) electrons. The molecule has 0 N–H and O–H groups in total. The van der Waals surface area contributed by atoms with Gasteiger partial charge in [-0.05, 0) is 23.6 Å². The van der Waals surface area contributed by atoms with Crippen molar-refractivity contribution >= 4 is 11.8 Å². The minimum atomic E-state index is -1.57. The van der Waals surface area contributed by atoms with Crippen molar-refractivity contribution in [3.05, 3.63) is 137 Å². The Balaban J connectivity index is 1.34. The molecule has 0 spiro atoms. The summed E-state index contributed by atoms with van der Waals surface area (Å²) in [6.45, 7) is 5.70.